The lowest BCUT2D eigenvalue weighted by Crippen LogP contribution is -2.11. The summed E-state index contributed by atoms with van der Waals surface area (Å²) in [4.78, 5) is 19.2. The summed E-state index contributed by atoms with van der Waals surface area (Å²) in [6.45, 7) is 0. The summed E-state index contributed by atoms with van der Waals surface area (Å²) in [6, 6.07) is 5.45. The Kier molecular flexibility index (Phi) is 2.38. The van der Waals surface area contributed by atoms with Gasteiger partial charge in [-0.3, -0.25) is 4.79 Å². The summed E-state index contributed by atoms with van der Waals surface area (Å²) in [7, 11) is 0. The number of carbonyl (C=O) groups excluding carboxylic acids is 1. The van der Waals surface area contributed by atoms with E-state index >= 15 is 0 Å². The first-order valence-corrected chi connectivity index (χ1v) is 6.04. The van der Waals surface area contributed by atoms with Crippen LogP contribution in [0.25, 0.3) is 11.0 Å². The minimum Gasteiger partial charge on any atom is -0.346 e. The smallest absolute Gasteiger partial charge is 0.256 e. The first-order valence-electron chi connectivity index (χ1n) is 5.10. The van der Waals surface area contributed by atoms with Gasteiger partial charge < -0.3 is 10.3 Å². The number of H-pyrrole nitrogens is 1. The van der Waals surface area contributed by atoms with Crippen molar-refractivity contribution in [2.24, 2.45) is 0 Å². The number of pyridine rings is 1. The predicted molar refractivity (Wildman–Crippen MR) is 68.4 cm³/mol. The first kappa shape index (κ1) is 10.0. The highest BCUT2D eigenvalue weighted by atomic mass is 32.1. The third-order valence-electron chi connectivity index (χ3n) is 2.48. The molecule has 0 aliphatic rings. The van der Waals surface area contributed by atoms with E-state index in [0.717, 1.165) is 16.7 Å². The molecule has 0 unspecified atom stereocenters. The Morgan fingerprint density at radius 3 is 3.12 bits per heavy atom. The fourth-order valence-corrected chi connectivity index (χ4v) is 2.28. The van der Waals surface area contributed by atoms with Gasteiger partial charge in [-0.2, -0.15) is 11.3 Å². The number of aromatic amines is 1. The summed E-state index contributed by atoms with van der Waals surface area (Å²) in [5.74, 6) is -0.115. The zero-order valence-electron chi connectivity index (χ0n) is 8.81. The van der Waals surface area contributed by atoms with Crippen molar-refractivity contribution in [2.75, 3.05) is 5.32 Å². The molecule has 0 spiro atoms. The summed E-state index contributed by atoms with van der Waals surface area (Å²) < 4.78 is 0. The molecular weight excluding hydrogens is 234 g/mol. The maximum Gasteiger partial charge on any atom is 0.256 e. The van der Waals surface area contributed by atoms with Crippen LogP contribution in [-0.2, 0) is 0 Å². The Morgan fingerprint density at radius 1 is 1.35 bits per heavy atom. The highest BCUT2D eigenvalue weighted by molar-refractivity contribution is 7.08. The van der Waals surface area contributed by atoms with E-state index in [1.165, 1.54) is 0 Å². The molecule has 1 amide bonds. The van der Waals surface area contributed by atoms with Gasteiger partial charge in [0.15, 0.2) is 0 Å². The minimum absolute atomic E-state index is 0.115. The van der Waals surface area contributed by atoms with Crippen molar-refractivity contribution in [1.29, 1.82) is 0 Å². The molecule has 0 aliphatic heterocycles. The van der Waals surface area contributed by atoms with Crippen LogP contribution >= 0.6 is 11.3 Å². The number of rotatable bonds is 2. The lowest BCUT2D eigenvalue weighted by Gasteiger charge is -2.03. The summed E-state index contributed by atoms with van der Waals surface area (Å²) in [5, 5.41) is 7.50. The topological polar surface area (TPSA) is 57.8 Å². The minimum atomic E-state index is -0.115. The molecule has 3 heterocycles. The van der Waals surface area contributed by atoms with Gasteiger partial charge in [-0.15, -0.1) is 0 Å². The first-order chi connectivity index (χ1) is 8.34. The number of carbonyl (C=O) groups is 1. The van der Waals surface area contributed by atoms with Crippen LogP contribution < -0.4 is 5.32 Å². The fourth-order valence-electron chi connectivity index (χ4n) is 1.69. The van der Waals surface area contributed by atoms with Crippen LogP contribution in [0, 0.1) is 0 Å². The highest BCUT2D eigenvalue weighted by Gasteiger charge is 2.11. The van der Waals surface area contributed by atoms with E-state index in [1.807, 2.05) is 22.9 Å². The number of anilines is 1. The van der Waals surface area contributed by atoms with Crippen molar-refractivity contribution in [2.45, 2.75) is 0 Å². The van der Waals surface area contributed by atoms with Crippen LogP contribution in [0.15, 0.2) is 41.4 Å². The molecule has 0 bridgehead atoms. The standard InChI is InChI=1S/C12H9N3OS/c16-12(15-8-3-6-17-7-8)10-2-5-14-11-9(10)1-4-13-11/h1-7H,(H,13,14)(H,15,16). The van der Waals surface area contributed by atoms with Crippen molar-refractivity contribution in [1.82, 2.24) is 9.97 Å². The Hall–Kier alpha value is -2.14. The molecule has 0 saturated heterocycles. The van der Waals surface area contributed by atoms with Gasteiger partial charge in [-0.05, 0) is 23.6 Å². The maximum atomic E-state index is 12.1. The van der Waals surface area contributed by atoms with Gasteiger partial charge >= 0.3 is 0 Å². The second-order valence-corrected chi connectivity index (χ2v) is 4.34. The van der Waals surface area contributed by atoms with E-state index in [0.29, 0.717) is 5.56 Å². The van der Waals surface area contributed by atoms with Gasteiger partial charge in [-0.1, -0.05) is 0 Å². The Balaban J connectivity index is 1.98. The normalized spacial score (nSPS) is 10.6. The molecule has 0 atom stereocenters. The number of fused-ring (bicyclic) bond motifs is 1. The number of hydrogen-bond donors (Lipinski definition) is 2. The number of amides is 1. The lowest BCUT2D eigenvalue weighted by molar-refractivity contribution is 0.102. The van der Waals surface area contributed by atoms with Crippen molar-refractivity contribution >= 4 is 34.0 Å². The van der Waals surface area contributed by atoms with Gasteiger partial charge in [0.1, 0.15) is 5.65 Å². The average Bonchev–Trinajstić information content (AvgIpc) is 2.97. The summed E-state index contributed by atoms with van der Waals surface area (Å²) >= 11 is 1.55. The molecular formula is C12H9N3OS. The predicted octanol–water partition coefficient (Wildman–Crippen LogP) is 2.88. The number of aromatic nitrogens is 2. The van der Waals surface area contributed by atoms with E-state index in [4.69, 9.17) is 0 Å². The van der Waals surface area contributed by atoms with E-state index < -0.39 is 0 Å². The van der Waals surface area contributed by atoms with E-state index in [1.54, 1.807) is 29.8 Å². The van der Waals surface area contributed by atoms with Gasteiger partial charge in [0.2, 0.25) is 0 Å². The Bertz CT molecular complexity index is 657. The third kappa shape index (κ3) is 1.81. The van der Waals surface area contributed by atoms with Crippen LogP contribution in [0.3, 0.4) is 0 Å². The molecule has 3 aromatic rings. The SMILES string of the molecule is O=C(Nc1ccsc1)c1ccnc2[nH]ccc12. The quantitative estimate of drug-likeness (QED) is 0.727. The molecule has 0 saturated carbocycles. The van der Waals surface area contributed by atoms with Gasteiger partial charge in [-0.25, -0.2) is 4.98 Å². The molecule has 5 heteroatoms. The number of nitrogens with one attached hydrogen (secondary N) is 2. The van der Waals surface area contributed by atoms with Gasteiger partial charge in [0.05, 0.1) is 11.3 Å². The monoisotopic (exact) mass is 243 g/mol. The third-order valence-corrected chi connectivity index (χ3v) is 3.17. The van der Waals surface area contributed by atoms with Gasteiger partial charge in [0.25, 0.3) is 5.91 Å². The molecule has 17 heavy (non-hydrogen) atoms. The number of hydrogen-bond acceptors (Lipinski definition) is 3. The second-order valence-electron chi connectivity index (χ2n) is 3.56. The van der Waals surface area contributed by atoms with Crippen LogP contribution in [-0.4, -0.2) is 15.9 Å². The zero-order valence-corrected chi connectivity index (χ0v) is 9.62. The second kappa shape index (κ2) is 4.03. The molecule has 0 radical (unpaired) electrons. The Morgan fingerprint density at radius 2 is 2.29 bits per heavy atom. The molecule has 0 aliphatic carbocycles. The molecule has 2 N–H and O–H groups in total. The molecule has 4 nitrogen and oxygen atoms in total. The van der Waals surface area contributed by atoms with Crippen molar-refractivity contribution in [3.63, 3.8) is 0 Å². The Labute approximate surface area is 101 Å². The maximum absolute atomic E-state index is 12.1. The average molecular weight is 243 g/mol. The van der Waals surface area contributed by atoms with Gasteiger partial charge in [0, 0.05) is 23.2 Å². The molecule has 3 rings (SSSR count). The van der Waals surface area contributed by atoms with Crippen molar-refractivity contribution < 1.29 is 4.79 Å². The molecule has 84 valence electrons. The largest absolute Gasteiger partial charge is 0.346 e. The summed E-state index contributed by atoms with van der Waals surface area (Å²) in [5.41, 5.74) is 2.17. The molecule has 0 fully saturated rings. The molecule has 0 aromatic carbocycles. The van der Waals surface area contributed by atoms with E-state index in [2.05, 4.69) is 15.3 Å². The number of thiophene rings is 1. The van der Waals surface area contributed by atoms with Crippen molar-refractivity contribution in [3.05, 3.63) is 46.9 Å². The van der Waals surface area contributed by atoms with E-state index in [-0.39, 0.29) is 5.91 Å². The summed E-state index contributed by atoms with van der Waals surface area (Å²) in [6.07, 6.45) is 3.40. The lowest BCUT2D eigenvalue weighted by atomic mass is 10.2. The highest BCUT2D eigenvalue weighted by Crippen LogP contribution is 2.18. The van der Waals surface area contributed by atoms with Crippen LogP contribution in [0.2, 0.25) is 0 Å². The van der Waals surface area contributed by atoms with Crippen LogP contribution in [0.4, 0.5) is 5.69 Å². The zero-order chi connectivity index (χ0) is 11.7. The van der Waals surface area contributed by atoms with E-state index in [9.17, 15) is 4.79 Å². The molecule has 3 aromatic heterocycles. The van der Waals surface area contributed by atoms with Crippen molar-refractivity contribution in [3.8, 4) is 0 Å². The fraction of sp³-hybridized carbons (Fsp3) is 0. The van der Waals surface area contributed by atoms with Crippen LogP contribution in [0.1, 0.15) is 10.4 Å². The number of nitrogens with zero attached hydrogens (tertiary/aromatic N) is 1. The van der Waals surface area contributed by atoms with Crippen LogP contribution in [0.5, 0.6) is 0 Å².